The Balaban J connectivity index is 2.15. The van der Waals surface area contributed by atoms with Gasteiger partial charge in [-0.25, -0.2) is 4.98 Å². The average molecular weight is 268 g/mol. The van der Waals surface area contributed by atoms with Crippen LogP contribution in [-0.4, -0.2) is 23.9 Å². The maximum absolute atomic E-state index is 5.38. The van der Waals surface area contributed by atoms with E-state index in [1.165, 1.54) is 5.39 Å². The van der Waals surface area contributed by atoms with Crippen molar-refractivity contribution in [2.75, 3.05) is 13.9 Å². The van der Waals surface area contributed by atoms with E-state index in [0.29, 0.717) is 6.61 Å². The number of aromatic amines is 1. The maximum Gasteiger partial charge on any atom is 0.146 e. The van der Waals surface area contributed by atoms with E-state index in [2.05, 4.69) is 34.7 Å². The lowest BCUT2D eigenvalue weighted by Crippen LogP contribution is -2.00. The van der Waals surface area contributed by atoms with E-state index < -0.39 is 0 Å². The molecule has 4 nitrogen and oxygen atoms in total. The number of benzene rings is 1. The van der Waals surface area contributed by atoms with Gasteiger partial charge in [-0.05, 0) is 18.2 Å². The summed E-state index contributed by atoms with van der Waals surface area (Å²) in [6, 6.07) is 10.3. The summed E-state index contributed by atoms with van der Waals surface area (Å²) in [6.45, 7) is 4.52. The number of nitrogens with zero attached hydrogens (tertiary/aromatic N) is 1. The summed E-state index contributed by atoms with van der Waals surface area (Å²) in [4.78, 5) is 7.95. The number of aromatic nitrogens is 2. The van der Waals surface area contributed by atoms with Gasteiger partial charge in [-0.3, -0.25) is 0 Å². The highest BCUT2D eigenvalue weighted by Crippen LogP contribution is 2.28. The number of ether oxygens (including phenoxy) is 2. The van der Waals surface area contributed by atoms with Gasteiger partial charge < -0.3 is 14.5 Å². The van der Waals surface area contributed by atoms with Crippen molar-refractivity contribution in [3.63, 3.8) is 0 Å². The minimum Gasteiger partial charge on any atom is -0.359 e. The predicted octanol–water partition coefficient (Wildman–Crippen LogP) is 3.48. The standard InChI is InChI=1S/C16H16N2O2/c1-3-14-16-13(8-11(17-14)9-20-10-19-2)12-6-4-5-7-15(12)18-16/h3-8,18H,1,9-10H2,2H3. The van der Waals surface area contributed by atoms with Gasteiger partial charge in [0.1, 0.15) is 6.79 Å². The fraction of sp³-hybridized carbons (Fsp3) is 0.188. The van der Waals surface area contributed by atoms with Gasteiger partial charge in [-0.1, -0.05) is 24.8 Å². The Hall–Kier alpha value is -2.17. The molecule has 2 aromatic heterocycles. The fourth-order valence-electron chi connectivity index (χ4n) is 2.38. The van der Waals surface area contributed by atoms with E-state index in [4.69, 9.17) is 9.47 Å². The highest BCUT2D eigenvalue weighted by Gasteiger charge is 2.09. The molecule has 0 saturated carbocycles. The van der Waals surface area contributed by atoms with Gasteiger partial charge in [0.05, 0.1) is 23.5 Å². The zero-order chi connectivity index (χ0) is 13.9. The molecule has 0 bridgehead atoms. The van der Waals surface area contributed by atoms with E-state index in [1.54, 1.807) is 13.2 Å². The number of rotatable bonds is 5. The fourth-order valence-corrected chi connectivity index (χ4v) is 2.38. The van der Waals surface area contributed by atoms with Crippen LogP contribution in [0.4, 0.5) is 0 Å². The van der Waals surface area contributed by atoms with Crippen LogP contribution in [0.25, 0.3) is 27.9 Å². The van der Waals surface area contributed by atoms with Crippen molar-refractivity contribution in [3.05, 3.63) is 48.3 Å². The van der Waals surface area contributed by atoms with E-state index in [0.717, 1.165) is 27.8 Å². The molecule has 0 spiro atoms. The zero-order valence-electron chi connectivity index (χ0n) is 11.3. The van der Waals surface area contributed by atoms with Crippen molar-refractivity contribution in [1.29, 1.82) is 0 Å². The van der Waals surface area contributed by atoms with Crippen molar-refractivity contribution >= 4 is 27.9 Å². The topological polar surface area (TPSA) is 47.1 Å². The molecule has 3 rings (SSSR count). The summed E-state index contributed by atoms with van der Waals surface area (Å²) in [5.41, 5.74) is 3.82. The first-order valence-corrected chi connectivity index (χ1v) is 6.43. The molecule has 1 aromatic carbocycles. The Morgan fingerprint density at radius 3 is 2.95 bits per heavy atom. The summed E-state index contributed by atoms with van der Waals surface area (Å²) < 4.78 is 10.3. The van der Waals surface area contributed by atoms with Gasteiger partial charge in [0, 0.05) is 23.4 Å². The molecule has 102 valence electrons. The van der Waals surface area contributed by atoms with E-state index >= 15 is 0 Å². The van der Waals surface area contributed by atoms with Gasteiger partial charge in [0.15, 0.2) is 0 Å². The molecular formula is C16H16N2O2. The SMILES string of the molecule is C=Cc1nc(COCOC)cc2c1[nH]c1ccccc12. The molecule has 0 saturated heterocycles. The third-order valence-electron chi connectivity index (χ3n) is 3.22. The molecular weight excluding hydrogens is 252 g/mol. The second-order valence-electron chi connectivity index (χ2n) is 4.55. The molecule has 0 aliphatic heterocycles. The van der Waals surface area contributed by atoms with Crippen LogP contribution in [0.3, 0.4) is 0 Å². The molecule has 20 heavy (non-hydrogen) atoms. The van der Waals surface area contributed by atoms with Gasteiger partial charge in [0.2, 0.25) is 0 Å². The van der Waals surface area contributed by atoms with E-state index in [-0.39, 0.29) is 6.79 Å². The lowest BCUT2D eigenvalue weighted by molar-refractivity contribution is -0.0400. The number of nitrogens with one attached hydrogen (secondary N) is 1. The molecule has 0 atom stereocenters. The number of hydrogen-bond acceptors (Lipinski definition) is 3. The normalized spacial score (nSPS) is 11.2. The number of pyridine rings is 1. The van der Waals surface area contributed by atoms with Gasteiger partial charge in [-0.2, -0.15) is 0 Å². The van der Waals surface area contributed by atoms with Gasteiger partial charge >= 0.3 is 0 Å². The first kappa shape index (κ1) is 12.8. The largest absolute Gasteiger partial charge is 0.359 e. The van der Waals surface area contributed by atoms with Gasteiger partial charge in [-0.15, -0.1) is 0 Å². The average Bonchev–Trinajstić information content (AvgIpc) is 2.85. The number of hydrogen-bond donors (Lipinski definition) is 1. The van der Waals surface area contributed by atoms with Crippen LogP contribution in [-0.2, 0) is 16.1 Å². The van der Waals surface area contributed by atoms with Crippen molar-refractivity contribution in [2.24, 2.45) is 0 Å². The minimum absolute atomic E-state index is 0.261. The van der Waals surface area contributed by atoms with Crippen LogP contribution < -0.4 is 0 Å². The van der Waals surface area contributed by atoms with Crippen molar-refractivity contribution < 1.29 is 9.47 Å². The summed E-state index contributed by atoms with van der Waals surface area (Å²) in [7, 11) is 1.60. The van der Waals surface area contributed by atoms with Crippen LogP contribution >= 0.6 is 0 Å². The number of para-hydroxylation sites is 1. The molecule has 0 aliphatic carbocycles. The summed E-state index contributed by atoms with van der Waals surface area (Å²) in [6.07, 6.45) is 1.76. The molecule has 0 radical (unpaired) electrons. The third kappa shape index (κ3) is 2.19. The predicted molar refractivity (Wildman–Crippen MR) is 80.4 cm³/mol. The van der Waals surface area contributed by atoms with Crippen LogP contribution in [0.1, 0.15) is 11.4 Å². The van der Waals surface area contributed by atoms with Crippen LogP contribution in [0, 0.1) is 0 Å². The molecule has 0 amide bonds. The second kappa shape index (κ2) is 5.45. The molecule has 1 N–H and O–H groups in total. The number of H-pyrrole nitrogens is 1. The Labute approximate surface area is 117 Å². The summed E-state index contributed by atoms with van der Waals surface area (Å²) >= 11 is 0. The van der Waals surface area contributed by atoms with Crippen molar-refractivity contribution in [3.8, 4) is 0 Å². The van der Waals surface area contributed by atoms with Gasteiger partial charge in [0.25, 0.3) is 0 Å². The first-order valence-electron chi connectivity index (χ1n) is 6.43. The third-order valence-corrected chi connectivity index (χ3v) is 3.22. The highest BCUT2D eigenvalue weighted by molar-refractivity contribution is 6.09. The van der Waals surface area contributed by atoms with Crippen LogP contribution in [0.2, 0.25) is 0 Å². The van der Waals surface area contributed by atoms with Crippen LogP contribution in [0.15, 0.2) is 36.9 Å². The molecule has 3 aromatic rings. The second-order valence-corrected chi connectivity index (χ2v) is 4.55. The lowest BCUT2D eigenvalue weighted by atomic mass is 10.1. The molecule has 0 fully saturated rings. The Morgan fingerprint density at radius 1 is 1.30 bits per heavy atom. The lowest BCUT2D eigenvalue weighted by Gasteiger charge is -2.05. The first-order chi connectivity index (χ1) is 9.83. The van der Waals surface area contributed by atoms with Crippen molar-refractivity contribution in [1.82, 2.24) is 9.97 Å². The maximum atomic E-state index is 5.38. The number of methoxy groups -OCH3 is 1. The Bertz CT molecular complexity index is 762. The quantitative estimate of drug-likeness (QED) is 0.569. The number of fused-ring (bicyclic) bond motifs is 3. The molecule has 0 aliphatic rings. The minimum atomic E-state index is 0.261. The molecule has 0 unspecified atom stereocenters. The van der Waals surface area contributed by atoms with Crippen molar-refractivity contribution in [2.45, 2.75) is 6.61 Å². The Kier molecular flexibility index (Phi) is 3.50. The zero-order valence-corrected chi connectivity index (χ0v) is 11.3. The summed E-state index contributed by atoms with van der Waals surface area (Å²) in [5, 5.41) is 2.32. The molecule has 4 heteroatoms. The monoisotopic (exact) mass is 268 g/mol. The van der Waals surface area contributed by atoms with Crippen LogP contribution in [0.5, 0.6) is 0 Å². The Morgan fingerprint density at radius 2 is 2.15 bits per heavy atom. The van der Waals surface area contributed by atoms with E-state index in [1.807, 2.05) is 12.1 Å². The van der Waals surface area contributed by atoms with E-state index in [9.17, 15) is 0 Å². The summed E-state index contributed by atoms with van der Waals surface area (Å²) in [5.74, 6) is 0. The highest BCUT2D eigenvalue weighted by atomic mass is 16.7. The smallest absolute Gasteiger partial charge is 0.146 e. The molecule has 2 heterocycles.